The Morgan fingerprint density at radius 1 is 1.12 bits per heavy atom. The minimum absolute atomic E-state index is 0.0772. The highest BCUT2D eigenvalue weighted by molar-refractivity contribution is 7.89. The fraction of sp³-hybridized carbons (Fsp3) is 0.125. The van der Waals surface area contributed by atoms with Crippen molar-refractivity contribution in [3.8, 4) is 11.5 Å². The van der Waals surface area contributed by atoms with Gasteiger partial charge in [0.05, 0.1) is 10.5 Å². The number of amides is 1. The van der Waals surface area contributed by atoms with Crippen molar-refractivity contribution in [3.63, 3.8) is 0 Å². The van der Waals surface area contributed by atoms with Crippen molar-refractivity contribution in [2.75, 3.05) is 18.7 Å². The topological polar surface area (TPSA) is 134 Å². The lowest BCUT2D eigenvalue weighted by atomic mass is 10.2. The first-order valence-electron chi connectivity index (χ1n) is 7.32. The number of benzene rings is 2. The molecule has 0 unspecified atom stereocenters. The Labute approximate surface area is 148 Å². The maximum atomic E-state index is 12.0. The Morgan fingerprint density at radius 3 is 2.65 bits per heavy atom. The van der Waals surface area contributed by atoms with E-state index in [-0.39, 0.29) is 22.9 Å². The van der Waals surface area contributed by atoms with Gasteiger partial charge in [-0.15, -0.1) is 0 Å². The van der Waals surface area contributed by atoms with Crippen LogP contribution in [0.4, 0.5) is 5.69 Å². The second kappa shape index (κ2) is 7.02. The summed E-state index contributed by atoms with van der Waals surface area (Å²) in [7, 11) is -3.89. The molecule has 0 aliphatic carbocycles. The summed E-state index contributed by atoms with van der Waals surface area (Å²) in [4.78, 5) is 23.7. The summed E-state index contributed by atoms with van der Waals surface area (Å²) in [5, 5.41) is 7.45. The Hall–Kier alpha value is -3.11. The summed E-state index contributed by atoms with van der Waals surface area (Å²) in [6, 6.07) is 9.91. The van der Waals surface area contributed by atoms with Crippen LogP contribution in [0.15, 0.2) is 47.4 Å². The lowest BCUT2D eigenvalue weighted by Crippen LogP contribution is -2.21. The summed E-state index contributed by atoms with van der Waals surface area (Å²) < 4.78 is 37.8. The van der Waals surface area contributed by atoms with Gasteiger partial charge in [0.25, 0.3) is 5.91 Å². The molecular weight excluding hydrogens is 364 g/mol. The van der Waals surface area contributed by atoms with Crippen molar-refractivity contribution in [1.29, 1.82) is 0 Å². The standard InChI is InChI=1S/C16H14N2O7S/c17-26(21,22)12-3-1-2-11(7-12)18-15(19)8-23-16(20)10-4-5-13-14(6-10)25-9-24-13/h1-7H,8-9H2,(H,18,19)(H2,17,21,22). The molecule has 0 bridgehead atoms. The van der Waals surface area contributed by atoms with Gasteiger partial charge in [0.15, 0.2) is 18.1 Å². The molecule has 1 heterocycles. The number of carbonyl (C=O) groups is 2. The zero-order valence-electron chi connectivity index (χ0n) is 13.3. The van der Waals surface area contributed by atoms with Gasteiger partial charge in [0.2, 0.25) is 16.8 Å². The summed E-state index contributed by atoms with van der Waals surface area (Å²) in [5.74, 6) is -0.403. The van der Waals surface area contributed by atoms with Gasteiger partial charge in [0, 0.05) is 5.69 Å². The van der Waals surface area contributed by atoms with Crippen LogP contribution in [0.3, 0.4) is 0 Å². The number of fused-ring (bicyclic) bond motifs is 1. The van der Waals surface area contributed by atoms with Crippen LogP contribution in [-0.4, -0.2) is 33.7 Å². The molecule has 136 valence electrons. The van der Waals surface area contributed by atoms with Crippen LogP contribution in [0.1, 0.15) is 10.4 Å². The minimum Gasteiger partial charge on any atom is -0.454 e. The number of hydrogen-bond donors (Lipinski definition) is 2. The molecule has 26 heavy (non-hydrogen) atoms. The van der Waals surface area contributed by atoms with Gasteiger partial charge >= 0.3 is 5.97 Å². The van der Waals surface area contributed by atoms with E-state index in [0.717, 1.165) is 0 Å². The van der Waals surface area contributed by atoms with E-state index in [1.165, 1.54) is 36.4 Å². The van der Waals surface area contributed by atoms with Gasteiger partial charge < -0.3 is 19.5 Å². The van der Waals surface area contributed by atoms with Crippen LogP contribution < -0.4 is 19.9 Å². The summed E-state index contributed by atoms with van der Waals surface area (Å²) >= 11 is 0. The van der Waals surface area contributed by atoms with E-state index in [4.69, 9.17) is 19.3 Å². The highest BCUT2D eigenvalue weighted by atomic mass is 32.2. The lowest BCUT2D eigenvalue weighted by Gasteiger charge is -2.08. The molecule has 0 spiro atoms. The number of ether oxygens (including phenoxy) is 3. The molecule has 0 radical (unpaired) electrons. The van der Waals surface area contributed by atoms with Crippen molar-refractivity contribution in [1.82, 2.24) is 0 Å². The third kappa shape index (κ3) is 4.10. The van der Waals surface area contributed by atoms with E-state index in [9.17, 15) is 18.0 Å². The van der Waals surface area contributed by atoms with Gasteiger partial charge in [-0.05, 0) is 36.4 Å². The summed E-state index contributed by atoms with van der Waals surface area (Å²) in [6.45, 7) is -0.472. The van der Waals surface area contributed by atoms with Gasteiger partial charge in [-0.25, -0.2) is 18.4 Å². The van der Waals surface area contributed by atoms with E-state index in [1.807, 2.05) is 0 Å². The van der Waals surface area contributed by atoms with E-state index in [2.05, 4.69) is 5.32 Å². The highest BCUT2D eigenvalue weighted by Crippen LogP contribution is 2.32. The molecule has 0 saturated heterocycles. The molecule has 1 aliphatic heterocycles. The van der Waals surface area contributed by atoms with Crippen LogP contribution >= 0.6 is 0 Å². The van der Waals surface area contributed by atoms with Crippen LogP contribution in [0.5, 0.6) is 11.5 Å². The number of sulfonamides is 1. The zero-order chi connectivity index (χ0) is 18.7. The average molecular weight is 378 g/mol. The molecule has 2 aromatic carbocycles. The van der Waals surface area contributed by atoms with E-state index in [0.29, 0.717) is 11.5 Å². The van der Waals surface area contributed by atoms with Crippen LogP contribution in [0.25, 0.3) is 0 Å². The Balaban J connectivity index is 1.58. The molecule has 1 amide bonds. The first kappa shape index (κ1) is 17.7. The fourth-order valence-electron chi connectivity index (χ4n) is 2.19. The van der Waals surface area contributed by atoms with Crippen molar-refractivity contribution in [3.05, 3.63) is 48.0 Å². The second-order valence-electron chi connectivity index (χ2n) is 5.27. The average Bonchev–Trinajstić information content (AvgIpc) is 3.07. The third-order valence-electron chi connectivity index (χ3n) is 3.39. The Kier molecular flexibility index (Phi) is 4.78. The van der Waals surface area contributed by atoms with Gasteiger partial charge in [-0.1, -0.05) is 6.07 Å². The predicted molar refractivity (Wildman–Crippen MR) is 89.3 cm³/mol. The Morgan fingerprint density at radius 2 is 1.88 bits per heavy atom. The quantitative estimate of drug-likeness (QED) is 0.737. The highest BCUT2D eigenvalue weighted by Gasteiger charge is 2.18. The van der Waals surface area contributed by atoms with Crippen molar-refractivity contribution < 1.29 is 32.2 Å². The third-order valence-corrected chi connectivity index (χ3v) is 4.30. The monoisotopic (exact) mass is 378 g/mol. The number of anilines is 1. The number of primary sulfonamides is 1. The first-order valence-corrected chi connectivity index (χ1v) is 8.87. The number of hydrogen-bond acceptors (Lipinski definition) is 7. The molecular formula is C16H14N2O7S. The first-order chi connectivity index (χ1) is 12.3. The van der Waals surface area contributed by atoms with Crippen molar-refractivity contribution >= 4 is 27.6 Å². The van der Waals surface area contributed by atoms with Gasteiger partial charge in [-0.3, -0.25) is 4.79 Å². The maximum Gasteiger partial charge on any atom is 0.338 e. The number of carbonyl (C=O) groups excluding carboxylic acids is 2. The molecule has 0 atom stereocenters. The normalized spacial score (nSPS) is 12.5. The molecule has 0 saturated carbocycles. The van der Waals surface area contributed by atoms with Gasteiger partial charge in [-0.2, -0.15) is 0 Å². The second-order valence-corrected chi connectivity index (χ2v) is 6.83. The van der Waals surface area contributed by atoms with Crippen LogP contribution in [-0.2, 0) is 19.6 Å². The summed E-state index contributed by atoms with van der Waals surface area (Å²) in [6.07, 6.45) is 0. The smallest absolute Gasteiger partial charge is 0.338 e. The number of nitrogens with one attached hydrogen (secondary N) is 1. The fourth-order valence-corrected chi connectivity index (χ4v) is 2.75. The lowest BCUT2D eigenvalue weighted by molar-refractivity contribution is -0.119. The molecule has 3 N–H and O–H groups in total. The van der Waals surface area contributed by atoms with E-state index < -0.39 is 28.5 Å². The molecule has 0 aromatic heterocycles. The SMILES string of the molecule is NS(=O)(=O)c1cccc(NC(=O)COC(=O)c2ccc3c(c2)OCO3)c1. The largest absolute Gasteiger partial charge is 0.454 e. The number of rotatable bonds is 5. The summed E-state index contributed by atoms with van der Waals surface area (Å²) in [5.41, 5.74) is 0.416. The van der Waals surface area contributed by atoms with Crippen molar-refractivity contribution in [2.45, 2.75) is 4.90 Å². The Bertz CT molecular complexity index is 972. The van der Waals surface area contributed by atoms with Gasteiger partial charge in [0.1, 0.15) is 0 Å². The van der Waals surface area contributed by atoms with E-state index >= 15 is 0 Å². The molecule has 3 rings (SSSR count). The molecule has 10 heteroatoms. The minimum atomic E-state index is -3.89. The molecule has 2 aromatic rings. The van der Waals surface area contributed by atoms with Crippen LogP contribution in [0.2, 0.25) is 0 Å². The van der Waals surface area contributed by atoms with Crippen molar-refractivity contribution in [2.24, 2.45) is 5.14 Å². The predicted octanol–water partition coefficient (Wildman–Crippen LogP) is 0.858. The number of nitrogens with two attached hydrogens (primary N) is 1. The van der Waals surface area contributed by atoms with Crippen LogP contribution in [0, 0.1) is 0 Å². The molecule has 0 fully saturated rings. The maximum absolute atomic E-state index is 12.0. The van der Waals surface area contributed by atoms with E-state index in [1.54, 1.807) is 6.07 Å². The molecule has 9 nitrogen and oxygen atoms in total. The molecule has 1 aliphatic rings. The zero-order valence-corrected chi connectivity index (χ0v) is 14.1. The number of esters is 1.